The molecule has 0 spiro atoms. The quantitative estimate of drug-likeness (QED) is 0.816. The Kier molecular flexibility index (Phi) is 4.98. The largest absolute Gasteiger partial charge is 0.348 e. The van der Waals surface area contributed by atoms with E-state index in [0.717, 1.165) is 11.1 Å². The Labute approximate surface area is 107 Å². The molecule has 17 heavy (non-hydrogen) atoms. The van der Waals surface area contributed by atoms with Crippen molar-refractivity contribution >= 4 is 23.6 Å². The number of aryl methyl sites for hydroxylation is 2. The predicted molar refractivity (Wildman–Crippen MR) is 73.0 cm³/mol. The van der Waals surface area contributed by atoms with E-state index in [9.17, 15) is 4.79 Å². The minimum Gasteiger partial charge on any atom is -0.348 e. The van der Waals surface area contributed by atoms with Crippen LogP contribution < -0.4 is 5.32 Å². The fourth-order valence-corrected chi connectivity index (χ4v) is 1.49. The van der Waals surface area contributed by atoms with Crippen LogP contribution in [0.5, 0.6) is 0 Å². The zero-order chi connectivity index (χ0) is 12.8. The van der Waals surface area contributed by atoms with E-state index in [1.807, 2.05) is 26.0 Å². The summed E-state index contributed by atoms with van der Waals surface area (Å²) in [6, 6.07) is 6.10. The van der Waals surface area contributed by atoms with Crippen molar-refractivity contribution in [1.82, 2.24) is 5.32 Å². The van der Waals surface area contributed by atoms with Crippen molar-refractivity contribution < 1.29 is 4.79 Å². The van der Waals surface area contributed by atoms with Gasteiger partial charge in [0, 0.05) is 11.1 Å². The molecule has 0 aliphatic heterocycles. The van der Waals surface area contributed by atoms with Gasteiger partial charge in [-0.3, -0.25) is 4.79 Å². The van der Waals surface area contributed by atoms with Gasteiger partial charge in [0.15, 0.2) is 0 Å². The first kappa shape index (κ1) is 13.5. The molecule has 0 saturated carbocycles. The van der Waals surface area contributed by atoms with Crippen LogP contribution in [-0.2, 0) is 4.79 Å². The van der Waals surface area contributed by atoms with Gasteiger partial charge in [0.25, 0.3) is 0 Å². The summed E-state index contributed by atoms with van der Waals surface area (Å²) in [5.41, 5.74) is 3.40. The maximum atomic E-state index is 11.4. The van der Waals surface area contributed by atoms with Crippen LogP contribution in [0, 0.1) is 13.8 Å². The van der Waals surface area contributed by atoms with Crippen LogP contribution in [0.1, 0.15) is 16.7 Å². The number of hydrogen-bond acceptors (Lipinski definition) is 1. The van der Waals surface area contributed by atoms with Crippen LogP contribution in [0.15, 0.2) is 35.9 Å². The van der Waals surface area contributed by atoms with Crippen molar-refractivity contribution in [3.05, 3.63) is 52.6 Å². The SMILES string of the molecule is C=C(Cl)CNC(=O)/C=C/c1ccc(C)cc1C. The molecule has 0 aliphatic carbocycles. The fourth-order valence-electron chi connectivity index (χ4n) is 1.42. The Morgan fingerprint density at radius 3 is 2.76 bits per heavy atom. The maximum Gasteiger partial charge on any atom is 0.244 e. The molecule has 0 bridgehead atoms. The van der Waals surface area contributed by atoms with Gasteiger partial charge in [-0.05, 0) is 31.1 Å². The third kappa shape index (κ3) is 4.87. The van der Waals surface area contributed by atoms with E-state index in [-0.39, 0.29) is 12.5 Å². The Balaban J connectivity index is 2.64. The summed E-state index contributed by atoms with van der Waals surface area (Å²) in [6.07, 6.45) is 3.29. The number of halogens is 1. The second-order valence-electron chi connectivity index (χ2n) is 3.93. The standard InChI is InChI=1S/C14H16ClNO/c1-10-4-5-13(11(2)8-10)6-7-14(17)16-9-12(3)15/h4-8H,3,9H2,1-2H3,(H,16,17)/b7-6+. The Morgan fingerprint density at radius 2 is 2.18 bits per heavy atom. The number of nitrogens with one attached hydrogen (secondary N) is 1. The lowest BCUT2D eigenvalue weighted by Crippen LogP contribution is -2.21. The van der Waals surface area contributed by atoms with Gasteiger partial charge in [0.2, 0.25) is 5.91 Å². The number of amides is 1. The second-order valence-corrected chi connectivity index (χ2v) is 4.46. The lowest BCUT2D eigenvalue weighted by Gasteiger charge is -2.02. The van der Waals surface area contributed by atoms with E-state index in [0.29, 0.717) is 5.03 Å². The molecule has 1 aromatic rings. The van der Waals surface area contributed by atoms with Gasteiger partial charge in [-0.25, -0.2) is 0 Å². The van der Waals surface area contributed by atoms with Gasteiger partial charge in [-0.1, -0.05) is 41.9 Å². The third-order valence-electron chi connectivity index (χ3n) is 2.29. The second kappa shape index (κ2) is 6.26. The molecule has 0 aromatic heterocycles. The predicted octanol–water partition coefficient (Wildman–Crippen LogP) is 3.19. The Morgan fingerprint density at radius 1 is 1.47 bits per heavy atom. The highest BCUT2D eigenvalue weighted by Crippen LogP contribution is 2.11. The van der Waals surface area contributed by atoms with Crippen molar-refractivity contribution in [3.63, 3.8) is 0 Å². The molecule has 90 valence electrons. The monoisotopic (exact) mass is 249 g/mol. The molecule has 1 aromatic carbocycles. The molecule has 0 saturated heterocycles. The van der Waals surface area contributed by atoms with Crippen LogP contribution in [-0.4, -0.2) is 12.5 Å². The van der Waals surface area contributed by atoms with E-state index in [1.165, 1.54) is 11.6 Å². The minimum atomic E-state index is -0.174. The lowest BCUT2D eigenvalue weighted by atomic mass is 10.1. The van der Waals surface area contributed by atoms with Crippen molar-refractivity contribution in [2.75, 3.05) is 6.54 Å². The molecule has 2 nitrogen and oxygen atoms in total. The first-order valence-corrected chi connectivity index (χ1v) is 5.73. The molecule has 1 N–H and O–H groups in total. The van der Waals surface area contributed by atoms with Gasteiger partial charge < -0.3 is 5.32 Å². The maximum absolute atomic E-state index is 11.4. The summed E-state index contributed by atoms with van der Waals surface area (Å²) in [4.78, 5) is 11.4. The van der Waals surface area contributed by atoms with Gasteiger partial charge >= 0.3 is 0 Å². The van der Waals surface area contributed by atoms with Crippen LogP contribution >= 0.6 is 11.6 Å². The van der Waals surface area contributed by atoms with Gasteiger partial charge in [-0.15, -0.1) is 0 Å². The summed E-state index contributed by atoms with van der Waals surface area (Å²) in [6.45, 7) is 7.85. The summed E-state index contributed by atoms with van der Waals surface area (Å²) >= 11 is 5.55. The zero-order valence-electron chi connectivity index (χ0n) is 10.1. The number of hydrogen-bond donors (Lipinski definition) is 1. The first-order chi connectivity index (χ1) is 7.99. The van der Waals surface area contributed by atoms with E-state index < -0.39 is 0 Å². The minimum absolute atomic E-state index is 0.174. The Hall–Kier alpha value is -1.54. The average molecular weight is 250 g/mol. The molecule has 0 fully saturated rings. The lowest BCUT2D eigenvalue weighted by molar-refractivity contribution is -0.116. The van der Waals surface area contributed by atoms with Crippen molar-refractivity contribution in [2.24, 2.45) is 0 Å². The number of carbonyl (C=O) groups is 1. The Bertz CT molecular complexity index is 463. The van der Waals surface area contributed by atoms with E-state index in [1.54, 1.807) is 6.08 Å². The van der Waals surface area contributed by atoms with Gasteiger partial charge in [0.1, 0.15) is 0 Å². The fraction of sp³-hybridized carbons (Fsp3) is 0.214. The molecule has 1 rings (SSSR count). The molecular weight excluding hydrogens is 234 g/mol. The smallest absolute Gasteiger partial charge is 0.244 e. The van der Waals surface area contributed by atoms with Gasteiger partial charge in [0.05, 0.1) is 6.54 Å². The number of benzene rings is 1. The van der Waals surface area contributed by atoms with Crippen LogP contribution in [0.25, 0.3) is 6.08 Å². The zero-order valence-corrected chi connectivity index (χ0v) is 10.8. The molecule has 0 heterocycles. The number of rotatable bonds is 4. The molecular formula is C14H16ClNO. The molecule has 0 atom stereocenters. The third-order valence-corrected chi connectivity index (χ3v) is 2.43. The topological polar surface area (TPSA) is 29.1 Å². The van der Waals surface area contributed by atoms with Crippen molar-refractivity contribution in [2.45, 2.75) is 13.8 Å². The number of carbonyl (C=O) groups excluding carboxylic acids is 1. The van der Waals surface area contributed by atoms with E-state index >= 15 is 0 Å². The molecule has 3 heteroatoms. The van der Waals surface area contributed by atoms with Crippen LogP contribution in [0.3, 0.4) is 0 Å². The summed E-state index contributed by atoms with van der Waals surface area (Å²) in [5.74, 6) is -0.174. The highest BCUT2D eigenvalue weighted by atomic mass is 35.5. The van der Waals surface area contributed by atoms with Crippen molar-refractivity contribution in [1.29, 1.82) is 0 Å². The van der Waals surface area contributed by atoms with Crippen LogP contribution in [0.2, 0.25) is 0 Å². The van der Waals surface area contributed by atoms with Crippen molar-refractivity contribution in [3.8, 4) is 0 Å². The molecule has 0 unspecified atom stereocenters. The highest BCUT2D eigenvalue weighted by molar-refractivity contribution is 6.29. The molecule has 0 radical (unpaired) electrons. The average Bonchev–Trinajstić information content (AvgIpc) is 2.25. The van der Waals surface area contributed by atoms with Gasteiger partial charge in [-0.2, -0.15) is 0 Å². The van der Waals surface area contributed by atoms with E-state index in [2.05, 4.69) is 18.0 Å². The van der Waals surface area contributed by atoms with E-state index in [4.69, 9.17) is 11.6 Å². The summed E-state index contributed by atoms with van der Waals surface area (Å²) < 4.78 is 0. The first-order valence-electron chi connectivity index (χ1n) is 5.35. The molecule has 0 aliphatic rings. The summed E-state index contributed by atoms with van der Waals surface area (Å²) in [7, 11) is 0. The molecule has 1 amide bonds. The highest BCUT2D eigenvalue weighted by Gasteiger charge is 1.97. The van der Waals surface area contributed by atoms with Crippen LogP contribution in [0.4, 0.5) is 0 Å². The summed E-state index contributed by atoms with van der Waals surface area (Å²) in [5, 5.41) is 3.04. The normalized spacial score (nSPS) is 10.5.